The molecule has 4 saturated carbocycles. The van der Waals surface area contributed by atoms with E-state index in [9.17, 15) is 24.9 Å². The molecule has 4 aliphatic rings. The molecule has 1 amide bonds. The van der Waals surface area contributed by atoms with Gasteiger partial charge in [0.1, 0.15) is 0 Å². The lowest BCUT2D eigenvalue weighted by atomic mass is 9.43. The van der Waals surface area contributed by atoms with E-state index in [4.69, 9.17) is 0 Å². The van der Waals surface area contributed by atoms with Gasteiger partial charge in [-0.25, -0.2) is 4.79 Å². The van der Waals surface area contributed by atoms with E-state index in [1.54, 1.807) is 42.6 Å². The van der Waals surface area contributed by atoms with Gasteiger partial charge in [-0.1, -0.05) is 39.0 Å². The number of fused-ring (bicyclic) bond motifs is 5. The first-order valence-corrected chi connectivity index (χ1v) is 17.1. The number of nitrogens with one attached hydrogen (secondary N) is 1. The summed E-state index contributed by atoms with van der Waals surface area (Å²) in [5.74, 6) is 2.09. The fourth-order valence-corrected chi connectivity index (χ4v) is 10.5. The average Bonchev–Trinajstić information content (AvgIpc) is 3.39. The molecule has 0 aliphatic heterocycles. The maximum atomic E-state index is 13.0. The van der Waals surface area contributed by atoms with Gasteiger partial charge < -0.3 is 20.6 Å². The minimum absolute atomic E-state index is 0.0109. The third-order valence-corrected chi connectivity index (χ3v) is 13.0. The van der Waals surface area contributed by atoms with E-state index in [0.717, 1.165) is 38.5 Å². The number of nitrogens with zero attached hydrogens (tertiary/aromatic N) is 1. The Morgan fingerprint density at radius 2 is 1.73 bits per heavy atom. The summed E-state index contributed by atoms with van der Waals surface area (Å²) in [4.78, 5) is 28.8. The van der Waals surface area contributed by atoms with E-state index >= 15 is 0 Å². The van der Waals surface area contributed by atoms with Gasteiger partial charge in [0.25, 0.3) is 0 Å². The van der Waals surface area contributed by atoms with Crippen molar-refractivity contribution in [1.29, 1.82) is 0 Å². The van der Waals surface area contributed by atoms with Crippen LogP contribution in [0.2, 0.25) is 0 Å². The molecule has 2 aromatic rings. The number of carboxylic acid groups (broad SMARTS) is 1. The lowest BCUT2D eigenvalue weighted by Gasteiger charge is -2.62. The Bertz CT molecular complexity index is 1420. The topological polar surface area (TPSA) is 119 Å². The van der Waals surface area contributed by atoms with E-state index in [1.807, 2.05) is 12.1 Å². The molecule has 4 fully saturated rings. The highest BCUT2D eigenvalue weighted by Crippen LogP contribution is 2.68. The van der Waals surface area contributed by atoms with E-state index in [0.29, 0.717) is 58.9 Å². The van der Waals surface area contributed by atoms with Crippen molar-refractivity contribution >= 4 is 29.5 Å². The quantitative estimate of drug-likeness (QED) is 0.230. The number of anilines is 1. The molecule has 242 valence electrons. The molecule has 0 heterocycles. The normalized spacial score (nSPS) is 36.5. The summed E-state index contributed by atoms with van der Waals surface area (Å²) in [7, 11) is 0. The van der Waals surface area contributed by atoms with Crippen LogP contribution >= 0.6 is 0 Å². The summed E-state index contributed by atoms with van der Waals surface area (Å²) in [5, 5.41) is 34.6. The zero-order chi connectivity index (χ0) is 31.9. The second-order valence-electron chi connectivity index (χ2n) is 15.1. The van der Waals surface area contributed by atoms with Crippen molar-refractivity contribution in [3.8, 4) is 0 Å². The molecule has 10 atom stereocenters. The highest BCUT2D eigenvalue weighted by Gasteiger charge is 2.63. The van der Waals surface area contributed by atoms with Crippen molar-refractivity contribution in [3.63, 3.8) is 0 Å². The smallest absolute Gasteiger partial charge is 0.336 e. The van der Waals surface area contributed by atoms with Crippen LogP contribution in [-0.2, 0) is 4.79 Å². The number of rotatable bonds is 8. The Balaban J connectivity index is 1.04. The summed E-state index contributed by atoms with van der Waals surface area (Å²) in [6, 6.07) is 14.0. The predicted molar refractivity (Wildman–Crippen MR) is 177 cm³/mol. The molecule has 45 heavy (non-hydrogen) atoms. The van der Waals surface area contributed by atoms with E-state index < -0.39 is 5.97 Å². The first kappa shape index (κ1) is 31.9. The van der Waals surface area contributed by atoms with Gasteiger partial charge in [-0.3, -0.25) is 9.79 Å². The minimum atomic E-state index is -0.993. The van der Waals surface area contributed by atoms with Crippen LogP contribution in [0.5, 0.6) is 0 Å². The number of aliphatic imine (C=N–C) groups is 1. The monoisotopic (exact) mass is 614 g/mol. The fraction of sp³-hybridized carbons (Fsp3) is 0.605. The van der Waals surface area contributed by atoms with E-state index in [-0.39, 0.29) is 34.5 Å². The predicted octanol–water partition coefficient (Wildman–Crippen LogP) is 7.48. The summed E-state index contributed by atoms with van der Waals surface area (Å²) in [5.41, 5.74) is 2.25. The number of aromatic carboxylic acids is 1. The van der Waals surface area contributed by atoms with E-state index in [2.05, 4.69) is 31.1 Å². The Morgan fingerprint density at radius 1 is 0.978 bits per heavy atom. The zero-order valence-corrected chi connectivity index (χ0v) is 27.0. The summed E-state index contributed by atoms with van der Waals surface area (Å²) >= 11 is 0. The number of amides is 1. The van der Waals surface area contributed by atoms with Crippen molar-refractivity contribution < 1.29 is 24.9 Å². The lowest BCUT2D eigenvalue weighted by Crippen LogP contribution is -2.58. The number of carbonyl (C=O) groups is 2. The van der Waals surface area contributed by atoms with Crippen molar-refractivity contribution in [1.82, 2.24) is 0 Å². The molecule has 6 rings (SSSR count). The molecule has 0 spiro atoms. The molecule has 2 aromatic carbocycles. The Hall–Kier alpha value is -3.03. The van der Waals surface area contributed by atoms with Crippen LogP contribution in [0.3, 0.4) is 0 Å². The van der Waals surface area contributed by atoms with Crippen LogP contribution in [0.4, 0.5) is 11.4 Å². The fourth-order valence-electron chi connectivity index (χ4n) is 10.5. The van der Waals surface area contributed by atoms with Gasteiger partial charge >= 0.3 is 5.97 Å². The maximum Gasteiger partial charge on any atom is 0.336 e. The number of hydrogen-bond donors (Lipinski definition) is 4. The van der Waals surface area contributed by atoms with Crippen LogP contribution in [0.25, 0.3) is 0 Å². The van der Waals surface area contributed by atoms with Gasteiger partial charge in [0.05, 0.1) is 23.5 Å². The third kappa shape index (κ3) is 5.98. The standard InChI is InChI=1S/C38H50N2O5/c1-23(8-17-35(43)40-27-12-10-26(11-13-27)39-22-24-6-4-5-7-29(24)36(44)45)31-15-16-32-30-14-9-25-20-28(41)18-19-37(25,2)33(30)21-34(42)38(31,32)3/h4-7,10-13,22-23,25,28,30-34,41-42H,8-9,14-21H2,1-3H3,(H,40,43)(H,44,45)/t23-,25-,28-,30+,31-,32+,33+,34+,37+,38-/m1/s1. The first-order chi connectivity index (χ1) is 21.5. The molecule has 0 saturated heterocycles. The van der Waals surface area contributed by atoms with Gasteiger partial charge in [0.2, 0.25) is 5.91 Å². The Labute approximate surface area is 267 Å². The zero-order valence-electron chi connectivity index (χ0n) is 27.0. The van der Waals surface area contributed by atoms with Crippen molar-refractivity contribution in [2.75, 3.05) is 5.32 Å². The molecule has 4 aliphatic carbocycles. The minimum Gasteiger partial charge on any atom is -0.478 e. The SMILES string of the molecule is C[C@H](CCC(=O)Nc1ccc(N=Cc2ccccc2C(=O)O)cc1)[C@H]1CC[C@H]2[C@@H]3CC[C@@H]4C[C@H](O)CC[C@]4(C)[C@H]3C[C@H](O)[C@]12C. The third-order valence-electron chi connectivity index (χ3n) is 13.0. The van der Waals surface area contributed by atoms with Gasteiger partial charge in [-0.2, -0.15) is 0 Å². The highest BCUT2D eigenvalue weighted by atomic mass is 16.4. The molecule has 7 nitrogen and oxygen atoms in total. The number of carboxylic acids is 1. The van der Waals surface area contributed by atoms with Gasteiger partial charge in [0.15, 0.2) is 0 Å². The van der Waals surface area contributed by atoms with Crippen molar-refractivity contribution in [2.24, 2.45) is 51.3 Å². The van der Waals surface area contributed by atoms with Gasteiger partial charge in [0, 0.05) is 23.9 Å². The summed E-state index contributed by atoms with van der Waals surface area (Å²) in [6.45, 7) is 7.10. The molecule has 0 bridgehead atoms. The molecule has 4 N–H and O–H groups in total. The van der Waals surface area contributed by atoms with Crippen LogP contribution in [0.1, 0.15) is 101 Å². The molecule has 0 radical (unpaired) electrons. The number of aliphatic hydroxyl groups is 2. The van der Waals surface area contributed by atoms with Crippen LogP contribution < -0.4 is 5.32 Å². The second-order valence-corrected chi connectivity index (χ2v) is 15.1. The second kappa shape index (κ2) is 12.6. The number of aliphatic hydroxyl groups excluding tert-OH is 2. The Morgan fingerprint density at radius 3 is 2.49 bits per heavy atom. The van der Waals surface area contributed by atoms with Crippen molar-refractivity contribution in [3.05, 3.63) is 59.7 Å². The maximum absolute atomic E-state index is 13.0. The number of hydrogen-bond acceptors (Lipinski definition) is 5. The molecular formula is C38H50N2O5. The molecule has 0 unspecified atom stereocenters. The van der Waals surface area contributed by atoms with Crippen LogP contribution in [0.15, 0.2) is 53.5 Å². The number of benzene rings is 2. The van der Waals surface area contributed by atoms with Crippen LogP contribution in [0, 0.1) is 46.3 Å². The van der Waals surface area contributed by atoms with Crippen molar-refractivity contribution in [2.45, 2.75) is 97.2 Å². The molecule has 7 heteroatoms. The molecular weight excluding hydrogens is 564 g/mol. The average molecular weight is 615 g/mol. The molecule has 0 aromatic heterocycles. The summed E-state index contributed by atoms with van der Waals surface area (Å²) in [6.07, 6.45) is 10.9. The largest absolute Gasteiger partial charge is 0.478 e. The van der Waals surface area contributed by atoms with Gasteiger partial charge in [-0.05, 0) is 134 Å². The number of carbonyl (C=O) groups excluding carboxylic acids is 1. The van der Waals surface area contributed by atoms with Gasteiger partial charge in [-0.15, -0.1) is 0 Å². The Kier molecular flexibility index (Phi) is 8.97. The lowest BCUT2D eigenvalue weighted by molar-refractivity contribution is -0.174. The van der Waals surface area contributed by atoms with Crippen LogP contribution in [-0.4, -0.2) is 45.6 Å². The first-order valence-electron chi connectivity index (χ1n) is 17.1. The highest BCUT2D eigenvalue weighted by molar-refractivity contribution is 5.99. The summed E-state index contributed by atoms with van der Waals surface area (Å²) < 4.78 is 0. The van der Waals surface area contributed by atoms with E-state index in [1.165, 1.54) is 19.3 Å².